The highest BCUT2D eigenvalue weighted by atomic mass is 16.4. The molecule has 0 spiro atoms. The van der Waals surface area contributed by atoms with Crippen molar-refractivity contribution in [3.05, 3.63) is 42.0 Å². The molecule has 0 aliphatic rings. The van der Waals surface area contributed by atoms with Crippen molar-refractivity contribution in [2.24, 2.45) is 0 Å². The molecular formula is C11H10N4O2. The highest BCUT2D eigenvalue weighted by molar-refractivity contribution is 5.85. The van der Waals surface area contributed by atoms with Gasteiger partial charge >= 0.3 is 5.97 Å². The summed E-state index contributed by atoms with van der Waals surface area (Å²) in [7, 11) is 0. The summed E-state index contributed by atoms with van der Waals surface area (Å²) in [5.41, 5.74) is 1.25. The van der Waals surface area contributed by atoms with Crippen molar-refractivity contribution in [2.45, 2.75) is 6.92 Å². The van der Waals surface area contributed by atoms with Crippen LogP contribution in [0.5, 0.6) is 0 Å². The van der Waals surface area contributed by atoms with E-state index in [-0.39, 0.29) is 11.6 Å². The summed E-state index contributed by atoms with van der Waals surface area (Å²) in [6, 6.07) is 4.96. The van der Waals surface area contributed by atoms with Crippen LogP contribution in [0, 0.1) is 6.92 Å². The number of aromatic carboxylic acids is 1. The number of rotatable bonds is 3. The summed E-state index contributed by atoms with van der Waals surface area (Å²) >= 11 is 0. The van der Waals surface area contributed by atoms with E-state index < -0.39 is 5.97 Å². The molecule has 0 amide bonds. The van der Waals surface area contributed by atoms with Crippen LogP contribution in [0.1, 0.15) is 16.2 Å². The Morgan fingerprint density at radius 2 is 2.24 bits per heavy atom. The Balaban J connectivity index is 2.30. The van der Waals surface area contributed by atoms with E-state index in [0.29, 0.717) is 11.4 Å². The van der Waals surface area contributed by atoms with Crippen LogP contribution in [-0.2, 0) is 0 Å². The van der Waals surface area contributed by atoms with Crippen molar-refractivity contribution in [3.63, 3.8) is 0 Å². The fourth-order valence-electron chi connectivity index (χ4n) is 1.30. The van der Waals surface area contributed by atoms with Gasteiger partial charge < -0.3 is 10.4 Å². The van der Waals surface area contributed by atoms with Crippen LogP contribution in [-0.4, -0.2) is 26.0 Å². The average Bonchev–Trinajstić information content (AvgIpc) is 2.29. The Kier molecular flexibility index (Phi) is 2.95. The molecule has 6 nitrogen and oxygen atoms in total. The first-order valence-corrected chi connectivity index (χ1v) is 4.91. The van der Waals surface area contributed by atoms with Gasteiger partial charge in [0, 0.05) is 11.9 Å². The number of carbonyl (C=O) groups is 1. The third-order valence-electron chi connectivity index (χ3n) is 1.99. The molecule has 0 aliphatic carbocycles. The molecule has 0 aromatic carbocycles. The number of hydrogen-bond donors (Lipinski definition) is 2. The summed E-state index contributed by atoms with van der Waals surface area (Å²) in [5, 5.41) is 11.8. The lowest BCUT2D eigenvalue weighted by Crippen LogP contribution is -2.06. The molecule has 6 heteroatoms. The largest absolute Gasteiger partial charge is 0.477 e. The van der Waals surface area contributed by atoms with Crippen LogP contribution in [0.15, 0.2) is 30.6 Å². The van der Waals surface area contributed by atoms with Gasteiger partial charge in [-0.15, -0.1) is 0 Å². The summed E-state index contributed by atoms with van der Waals surface area (Å²) in [6.07, 6.45) is 3.25. The number of anilines is 2. The third kappa shape index (κ3) is 2.75. The molecule has 2 heterocycles. The van der Waals surface area contributed by atoms with Gasteiger partial charge in [-0.25, -0.2) is 14.8 Å². The van der Waals surface area contributed by atoms with Gasteiger partial charge in [0.15, 0.2) is 5.69 Å². The number of carboxylic acids is 1. The number of nitrogens with zero attached hydrogens (tertiary/aromatic N) is 3. The SMILES string of the molecule is Cc1cc(C(=O)O)nc(Nc2cccnc2)n1. The molecule has 0 bridgehead atoms. The molecule has 0 saturated carbocycles. The second-order valence-corrected chi connectivity index (χ2v) is 3.39. The van der Waals surface area contributed by atoms with E-state index >= 15 is 0 Å². The second kappa shape index (κ2) is 4.56. The van der Waals surface area contributed by atoms with Gasteiger partial charge in [0.05, 0.1) is 11.9 Å². The lowest BCUT2D eigenvalue weighted by atomic mass is 10.3. The van der Waals surface area contributed by atoms with Crippen LogP contribution in [0.2, 0.25) is 0 Å². The molecule has 17 heavy (non-hydrogen) atoms. The molecule has 0 saturated heterocycles. The summed E-state index contributed by atoms with van der Waals surface area (Å²) in [6.45, 7) is 1.71. The molecule has 0 radical (unpaired) electrons. The van der Waals surface area contributed by atoms with Gasteiger partial charge in [0.2, 0.25) is 5.95 Å². The zero-order valence-electron chi connectivity index (χ0n) is 9.08. The first kappa shape index (κ1) is 11.0. The molecule has 86 valence electrons. The minimum Gasteiger partial charge on any atom is -0.477 e. The molecule has 0 fully saturated rings. The zero-order chi connectivity index (χ0) is 12.3. The maximum absolute atomic E-state index is 10.8. The lowest BCUT2D eigenvalue weighted by Gasteiger charge is -2.05. The van der Waals surface area contributed by atoms with Crippen LogP contribution >= 0.6 is 0 Å². The number of carboxylic acid groups (broad SMARTS) is 1. The molecular weight excluding hydrogens is 220 g/mol. The molecule has 2 aromatic heterocycles. The van der Waals surface area contributed by atoms with Crippen molar-refractivity contribution < 1.29 is 9.90 Å². The Morgan fingerprint density at radius 3 is 2.88 bits per heavy atom. The predicted octanol–water partition coefficient (Wildman–Crippen LogP) is 1.62. The molecule has 0 aliphatic heterocycles. The van der Waals surface area contributed by atoms with Gasteiger partial charge in [-0.3, -0.25) is 4.98 Å². The molecule has 2 rings (SSSR count). The molecule has 2 N–H and O–H groups in total. The van der Waals surface area contributed by atoms with Crippen LogP contribution < -0.4 is 5.32 Å². The highest BCUT2D eigenvalue weighted by Crippen LogP contribution is 2.12. The number of aromatic nitrogens is 3. The Bertz CT molecular complexity index is 542. The van der Waals surface area contributed by atoms with Crippen LogP contribution in [0.3, 0.4) is 0 Å². The van der Waals surface area contributed by atoms with Gasteiger partial charge in [0.25, 0.3) is 0 Å². The topological polar surface area (TPSA) is 88.0 Å². The first-order chi connectivity index (χ1) is 8.15. The minimum atomic E-state index is -1.08. The monoisotopic (exact) mass is 230 g/mol. The maximum atomic E-state index is 10.8. The summed E-state index contributed by atoms with van der Waals surface area (Å²) in [4.78, 5) is 22.7. The molecule has 2 aromatic rings. The van der Waals surface area contributed by atoms with E-state index in [1.165, 1.54) is 6.07 Å². The highest BCUT2D eigenvalue weighted by Gasteiger charge is 2.08. The third-order valence-corrected chi connectivity index (χ3v) is 1.99. The van der Waals surface area contributed by atoms with E-state index in [9.17, 15) is 4.79 Å². The van der Waals surface area contributed by atoms with Crippen LogP contribution in [0.4, 0.5) is 11.6 Å². The Hall–Kier alpha value is -2.50. The van der Waals surface area contributed by atoms with E-state index in [2.05, 4.69) is 20.3 Å². The lowest BCUT2D eigenvalue weighted by molar-refractivity contribution is 0.0690. The molecule has 0 unspecified atom stereocenters. The minimum absolute atomic E-state index is 0.0381. The number of nitrogens with one attached hydrogen (secondary N) is 1. The Labute approximate surface area is 97.4 Å². The fourth-order valence-corrected chi connectivity index (χ4v) is 1.30. The van der Waals surface area contributed by atoms with Crippen molar-refractivity contribution >= 4 is 17.6 Å². The second-order valence-electron chi connectivity index (χ2n) is 3.39. The van der Waals surface area contributed by atoms with E-state index in [4.69, 9.17) is 5.11 Å². The van der Waals surface area contributed by atoms with Gasteiger partial charge in [-0.1, -0.05) is 0 Å². The normalized spacial score (nSPS) is 9.94. The summed E-state index contributed by atoms with van der Waals surface area (Å²) < 4.78 is 0. The van der Waals surface area contributed by atoms with Gasteiger partial charge in [-0.2, -0.15) is 0 Å². The predicted molar refractivity (Wildman–Crippen MR) is 61.2 cm³/mol. The van der Waals surface area contributed by atoms with E-state index in [1.807, 2.05) is 0 Å². The van der Waals surface area contributed by atoms with E-state index in [1.54, 1.807) is 31.5 Å². The summed E-state index contributed by atoms with van der Waals surface area (Å²) in [5.74, 6) is -0.833. The van der Waals surface area contributed by atoms with E-state index in [0.717, 1.165) is 0 Å². The number of aryl methyl sites for hydroxylation is 1. The van der Waals surface area contributed by atoms with Crippen molar-refractivity contribution in [1.29, 1.82) is 0 Å². The van der Waals surface area contributed by atoms with Crippen LogP contribution in [0.25, 0.3) is 0 Å². The van der Waals surface area contributed by atoms with Crippen molar-refractivity contribution in [1.82, 2.24) is 15.0 Å². The zero-order valence-corrected chi connectivity index (χ0v) is 9.08. The Morgan fingerprint density at radius 1 is 1.41 bits per heavy atom. The first-order valence-electron chi connectivity index (χ1n) is 4.91. The molecule has 0 atom stereocenters. The number of hydrogen-bond acceptors (Lipinski definition) is 5. The standard InChI is InChI=1S/C11H10N4O2/c1-7-5-9(10(16)17)15-11(13-7)14-8-3-2-4-12-6-8/h2-6H,1H3,(H,16,17)(H,13,14,15). The number of pyridine rings is 1. The quantitative estimate of drug-likeness (QED) is 0.833. The van der Waals surface area contributed by atoms with Gasteiger partial charge in [-0.05, 0) is 25.1 Å². The average molecular weight is 230 g/mol. The smallest absolute Gasteiger partial charge is 0.354 e. The maximum Gasteiger partial charge on any atom is 0.354 e. The van der Waals surface area contributed by atoms with Crippen molar-refractivity contribution in [3.8, 4) is 0 Å². The van der Waals surface area contributed by atoms with Crippen molar-refractivity contribution in [2.75, 3.05) is 5.32 Å². The fraction of sp³-hybridized carbons (Fsp3) is 0.0909. The van der Waals surface area contributed by atoms with Gasteiger partial charge in [0.1, 0.15) is 0 Å².